The molecule has 0 spiro atoms. The van der Waals surface area contributed by atoms with Crippen LogP contribution in [0.25, 0.3) is 0 Å². The lowest BCUT2D eigenvalue weighted by atomic mass is 10.2. The molecule has 0 bridgehead atoms. The zero-order chi connectivity index (χ0) is 16.5. The van der Waals surface area contributed by atoms with E-state index in [4.69, 9.17) is 0 Å². The van der Waals surface area contributed by atoms with Crippen molar-refractivity contribution < 1.29 is 14.0 Å². The van der Waals surface area contributed by atoms with Gasteiger partial charge in [-0.15, -0.1) is 0 Å². The van der Waals surface area contributed by atoms with Gasteiger partial charge in [0.1, 0.15) is 12.2 Å². The van der Waals surface area contributed by atoms with Crippen LogP contribution in [0.2, 0.25) is 0 Å². The quantitative estimate of drug-likeness (QED) is 0.486. The summed E-state index contributed by atoms with van der Waals surface area (Å²) in [6, 6.07) is 15.0. The Bertz CT molecular complexity index is 685. The van der Waals surface area contributed by atoms with Gasteiger partial charge in [-0.25, -0.2) is 9.82 Å². The zero-order valence-electron chi connectivity index (χ0n) is 12.3. The second-order valence-electron chi connectivity index (χ2n) is 4.78. The summed E-state index contributed by atoms with van der Waals surface area (Å²) in [6.45, 7) is 0.367. The van der Waals surface area contributed by atoms with Gasteiger partial charge in [0, 0.05) is 6.54 Å². The van der Waals surface area contributed by atoms with E-state index < -0.39 is 5.91 Å². The Balaban J connectivity index is 1.71. The Hall–Kier alpha value is -3.02. The van der Waals surface area contributed by atoms with Crippen LogP contribution in [0.5, 0.6) is 0 Å². The van der Waals surface area contributed by atoms with E-state index >= 15 is 0 Å². The molecule has 0 radical (unpaired) electrons. The molecule has 0 aliphatic carbocycles. The van der Waals surface area contributed by atoms with Crippen LogP contribution in [0.3, 0.4) is 0 Å². The molecule has 0 heterocycles. The number of hydrazone groups is 1. The Labute approximate surface area is 133 Å². The molecule has 0 aromatic heterocycles. The third-order valence-electron chi connectivity index (χ3n) is 2.93. The molecule has 5 nitrogen and oxygen atoms in total. The van der Waals surface area contributed by atoms with E-state index in [0.29, 0.717) is 12.1 Å². The van der Waals surface area contributed by atoms with E-state index in [1.807, 2.05) is 30.3 Å². The SMILES string of the molecule is O=C(CC(=O)N/N=C\c1ccc(F)cc1)NCc1ccccc1. The monoisotopic (exact) mass is 313 g/mol. The average Bonchev–Trinajstić information content (AvgIpc) is 2.56. The summed E-state index contributed by atoms with van der Waals surface area (Å²) in [7, 11) is 0. The number of amides is 2. The van der Waals surface area contributed by atoms with Gasteiger partial charge in [0.15, 0.2) is 0 Å². The lowest BCUT2D eigenvalue weighted by molar-refractivity contribution is -0.129. The predicted molar refractivity (Wildman–Crippen MR) is 85.0 cm³/mol. The van der Waals surface area contributed by atoms with Gasteiger partial charge in [-0.2, -0.15) is 5.10 Å². The number of hydrogen-bond donors (Lipinski definition) is 2. The maximum atomic E-state index is 12.7. The highest BCUT2D eigenvalue weighted by atomic mass is 19.1. The number of nitrogens with one attached hydrogen (secondary N) is 2. The second-order valence-corrected chi connectivity index (χ2v) is 4.78. The van der Waals surface area contributed by atoms with E-state index in [1.54, 1.807) is 0 Å². The molecule has 0 atom stereocenters. The minimum Gasteiger partial charge on any atom is -0.352 e. The van der Waals surface area contributed by atoms with Crippen molar-refractivity contribution >= 4 is 18.0 Å². The minimum atomic E-state index is -0.520. The van der Waals surface area contributed by atoms with Crippen LogP contribution in [0.1, 0.15) is 17.5 Å². The largest absolute Gasteiger partial charge is 0.352 e. The van der Waals surface area contributed by atoms with Crippen LogP contribution in [0, 0.1) is 5.82 Å². The van der Waals surface area contributed by atoms with Crippen LogP contribution in [0.4, 0.5) is 4.39 Å². The van der Waals surface area contributed by atoms with Crippen molar-refractivity contribution in [1.82, 2.24) is 10.7 Å². The first-order valence-corrected chi connectivity index (χ1v) is 7.01. The van der Waals surface area contributed by atoms with Crippen molar-refractivity contribution in [2.45, 2.75) is 13.0 Å². The lowest BCUT2D eigenvalue weighted by Crippen LogP contribution is -2.29. The lowest BCUT2D eigenvalue weighted by Gasteiger charge is -2.04. The van der Waals surface area contributed by atoms with Gasteiger partial charge in [0.2, 0.25) is 11.8 Å². The molecule has 0 fully saturated rings. The first kappa shape index (κ1) is 16.4. The van der Waals surface area contributed by atoms with E-state index in [0.717, 1.165) is 5.56 Å². The van der Waals surface area contributed by atoms with Crippen molar-refractivity contribution in [3.05, 3.63) is 71.5 Å². The first-order chi connectivity index (χ1) is 11.1. The van der Waals surface area contributed by atoms with Crippen LogP contribution < -0.4 is 10.7 Å². The van der Waals surface area contributed by atoms with Gasteiger partial charge in [-0.3, -0.25) is 9.59 Å². The van der Waals surface area contributed by atoms with Crippen LogP contribution in [-0.4, -0.2) is 18.0 Å². The molecular weight excluding hydrogens is 297 g/mol. The van der Waals surface area contributed by atoms with Gasteiger partial charge in [-0.1, -0.05) is 42.5 Å². The molecule has 2 N–H and O–H groups in total. The zero-order valence-corrected chi connectivity index (χ0v) is 12.3. The molecule has 0 aliphatic rings. The van der Waals surface area contributed by atoms with Crippen LogP contribution in [0.15, 0.2) is 59.7 Å². The summed E-state index contributed by atoms with van der Waals surface area (Å²) < 4.78 is 12.7. The fraction of sp³-hybridized carbons (Fsp3) is 0.118. The number of carbonyl (C=O) groups is 2. The molecule has 2 rings (SSSR count). The molecular formula is C17H16FN3O2. The number of rotatable bonds is 6. The predicted octanol–water partition coefficient (Wildman–Crippen LogP) is 1.98. The highest BCUT2D eigenvalue weighted by Crippen LogP contribution is 1.99. The summed E-state index contributed by atoms with van der Waals surface area (Å²) in [5.74, 6) is -1.25. The van der Waals surface area contributed by atoms with Crippen molar-refractivity contribution in [2.75, 3.05) is 0 Å². The van der Waals surface area contributed by atoms with Crippen molar-refractivity contribution in [1.29, 1.82) is 0 Å². The molecule has 0 saturated carbocycles. The first-order valence-electron chi connectivity index (χ1n) is 7.01. The molecule has 118 valence electrons. The number of hydrogen-bond acceptors (Lipinski definition) is 3. The van der Waals surface area contributed by atoms with Gasteiger partial charge < -0.3 is 5.32 Å². The molecule has 2 amide bonds. The van der Waals surface area contributed by atoms with Crippen molar-refractivity contribution in [3.8, 4) is 0 Å². The summed E-state index contributed by atoms with van der Waals surface area (Å²) in [5.41, 5.74) is 3.84. The van der Waals surface area contributed by atoms with E-state index in [1.165, 1.54) is 30.5 Å². The van der Waals surface area contributed by atoms with Gasteiger partial charge in [0.05, 0.1) is 6.21 Å². The summed E-state index contributed by atoms with van der Waals surface area (Å²) in [4.78, 5) is 23.2. The summed E-state index contributed by atoms with van der Waals surface area (Å²) in [5, 5.41) is 6.37. The maximum Gasteiger partial charge on any atom is 0.249 e. The molecule has 2 aromatic carbocycles. The van der Waals surface area contributed by atoms with E-state index in [2.05, 4.69) is 15.8 Å². The summed E-state index contributed by atoms with van der Waals surface area (Å²) in [6.07, 6.45) is 1.06. The highest BCUT2D eigenvalue weighted by Gasteiger charge is 2.08. The normalized spacial score (nSPS) is 10.5. The van der Waals surface area contributed by atoms with Crippen LogP contribution >= 0.6 is 0 Å². The molecule has 0 unspecified atom stereocenters. The molecule has 2 aromatic rings. The smallest absolute Gasteiger partial charge is 0.249 e. The second kappa shape index (κ2) is 8.43. The van der Waals surface area contributed by atoms with Gasteiger partial charge >= 0.3 is 0 Å². The summed E-state index contributed by atoms with van der Waals surface area (Å²) >= 11 is 0. The number of carbonyl (C=O) groups excluding carboxylic acids is 2. The Morgan fingerprint density at radius 3 is 2.39 bits per heavy atom. The number of nitrogens with zero attached hydrogens (tertiary/aromatic N) is 1. The average molecular weight is 313 g/mol. The maximum absolute atomic E-state index is 12.7. The molecule has 0 saturated heterocycles. The third-order valence-corrected chi connectivity index (χ3v) is 2.93. The Kier molecular flexibility index (Phi) is 5.99. The standard InChI is InChI=1S/C17H16FN3O2/c18-15-8-6-14(7-9-15)12-20-21-17(23)10-16(22)19-11-13-4-2-1-3-5-13/h1-9,12H,10-11H2,(H,19,22)(H,21,23)/b20-12-. The van der Waals surface area contributed by atoms with Crippen molar-refractivity contribution in [2.24, 2.45) is 5.10 Å². The topological polar surface area (TPSA) is 70.6 Å². The fourth-order valence-corrected chi connectivity index (χ4v) is 1.77. The van der Waals surface area contributed by atoms with E-state index in [9.17, 15) is 14.0 Å². The Morgan fingerprint density at radius 2 is 1.70 bits per heavy atom. The van der Waals surface area contributed by atoms with Crippen LogP contribution in [-0.2, 0) is 16.1 Å². The molecule has 23 heavy (non-hydrogen) atoms. The number of halogens is 1. The van der Waals surface area contributed by atoms with Crippen molar-refractivity contribution in [3.63, 3.8) is 0 Å². The molecule has 0 aliphatic heterocycles. The highest BCUT2D eigenvalue weighted by molar-refractivity contribution is 5.97. The van der Waals surface area contributed by atoms with Gasteiger partial charge in [0.25, 0.3) is 0 Å². The minimum absolute atomic E-state index is 0.312. The van der Waals surface area contributed by atoms with Gasteiger partial charge in [-0.05, 0) is 23.3 Å². The fourth-order valence-electron chi connectivity index (χ4n) is 1.77. The number of benzene rings is 2. The van der Waals surface area contributed by atoms with E-state index in [-0.39, 0.29) is 18.1 Å². The third kappa shape index (κ3) is 6.09. The molecule has 6 heteroatoms. The Morgan fingerprint density at radius 1 is 1.00 bits per heavy atom.